The van der Waals surface area contributed by atoms with Crippen molar-refractivity contribution in [1.82, 2.24) is 0 Å². The highest BCUT2D eigenvalue weighted by Crippen LogP contribution is 2.34. The van der Waals surface area contributed by atoms with Crippen LogP contribution >= 0.6 is 24.0 Å². The lowest BCUT2D eigenvalue weighted by molar-refractivity contribution is 0.283. The Kier molecular flexibility index (Phi) is 2.19. The molecule has 1 heterocycles. The molecule has 0 saturated carbocycles. The van der Waals surface area contributed by atoms with Crippen molar-refractivity contribution in [3.05, 3.63) is 23.1 Å². The number of thiophene rings is 1. The first-order valence-corrected chi connectivity index (χ1v) is 5.15. The van der Waals surface area contributed by atoms with Crippen LogP contribution in [0.3, 0.4) is 0 Å². The topological polar surface area (TPSA) is 46.2 Å². The third-order valence-corrected chi connectivity index (χ3v) is 3.33. The van der Waals surface area contributed by atoms with Gasteiger partial charge in [0.25, 0.3) is 0 Å². The Morgan fingerprint density at radius 3 is 3.00 bits per heavy atom. The van der Waals surface area contributed by atoms with E-state index in [9.17, 15) is 0 Å². The van der Waals surface area contributed by atoms with Crippen LogP contribution in [0.1, 0.15) is 5.56 Å². The van der Waals surface area contributed by atoms with Gasteiger partial charge in [0.1, 0.15) is 0 Å². The first-order chi connectivity index (χ1) is 6.24. The lowest BCUT2D eigenvalue weighted by Gasteiger charge is -2.04. The normalized spacial score (nSPS) is 10.9. The predicted molar refractivity (Wildman–Crippen MR) is 59.4 cm³/mol. The van der Waals surface area contributed by atoms with E-state index in [2.05, 4.69) is 12.6 Å². The molecule has 0 amide bonds. The van der Waals surface area contributed by atoms with Crippen LogP contribution in [0.5, 0.6) is 0 Å². The minimum atomic E-state index is 0.0288. The van der Waals surface area contributed by atoms with E-state index in [4.69, 9.17) is 10.8 Å². The Balaban J connectivity index is 2.87. The van der Waals surface area contributed by atoms with Gasteiger partial charge in [0.15, 0.2) is 0 Å². The van der Waals surface area contributed by atoms with Crippen molar-refractivity contribution in [2.75, 3.05) is 5.73 Å². The van der Waals surface area contributed by atoms with Gasteiger partial charge in [-0.3, -0.25) is 0 Å². The first kappa shape index (κ1) is 8.87. The van der Waals surface area contributed by atoms with E-state index in [0.717, 1.165) is 20.5 Å². The van der Waals surface area contributed by atoms with E-state index in [-0.39, 0.29) is 6.61 Å². The molecule has 3 N–H and O–H groups in total. The summed E-state index contributed by atoms with van der Waals surface area (Å²) in [4.78, 5) is 0.735. The lowest BCUT2D eigenvalue weighted by atomic mass is 10.1. The van der Waals surface area contributed by atoms with E-state index in [1.165, 1.54) is 0 Å². The van der Waals surface area contributed by atoms with E-state index in [1.54, 1.807) is 11.3 Å². The SMILES string of the molecule is Nc1c(S)cc(CO)c2ccsc12. The molecular weight excluding hydrogens is 202 g/mol. The third kappa shape index (κ3) is 1.31. The zero-order valence-corrected chi connectivity index (χ0v) is 8.53. The minimum absolute atomic E-state index is 0.0288. The summed E-state index contributed by atoms with van der Waals surface area (Å²) in [6.07, 6.45) is 0. The summed E-state index contributed by atoms with van der Waals surface area (Å²) in [5.74, 6) is 0. The molecule has 0 saturated heterocycles. The molecule has 0 fully saturated rings. The van der Waals surface area contributed by atoms with Crippen LogP contribution < -0.4 is 5.73 Å². The molecule has 2 aromatic rings. The molecule has 2 nitrogen and oxygen atoms in total. The number of thiol groups is 1. The fourth-order valence-corrected chi connectivity index (χ4v) is 2.58. The van der Waals surface area contributed by atoms with Crippen LogP contribution in [-0.4, -0.2) is 5.11 Å². The summed E-state index contributed by atoms with van der Waals surface area (Å²) in [7, 11) is 0. The lowest BCUT2D eigenvalue weighted by Crippen LogP contribution is -1.91. The molecule has 0 atom stereocenters. The highest BCUT2D eigenvalue weighted by molar-refractivity contribution is 7.80. The number of hydrogen-bond acceptors (Lipinski definition) is 4. The number of benzene rings is 1. The van der Waals surface area contributed by atoms with Gasteiger partial charge >= 0.3 is 0 Å². The van der Waals surface area contributed by atoms with E-state index < -0.39 is 0 Å². The molecule has 0 spiro atoms. The molecule has 0 radical (unpaired) electrons. The first-order valence-electron chi connectivity index (χ1n) is 3.82. The second-order valence-corrected chi connectivity index (χ2v) is 4.19. The minimum Gasteiger partial charge on any atom is -0.397 e. The fraction of sp³-hybridized carbons (Fsp3) is 0.111. The van der Waals surface area contributed by atoms with Gasteiger partial charge in [0.05, 0.1) is 17.0 Å². The van der Waals surface area contributed by atoms with Crippen molar-refractivity contribution in [1.29, 1.82) is 0 Å². The smallest absolute Gasteiger partial charge is 0.0688 e. The third-order valence-electron chi connectivity index (χ3n) is 2.01. The van der Waals surface area contributed by atoms with E-state index in [1.807, 2.05) is 17.5 Å². The van der Waals surface area contributed by atoms with Crippen molar-refractivity contribution in [3.8, 4) is 0 Å². The fourth-order valence-electron chi connectivity index (χ4n) is 1.34. The molecule has 0 unspecified atom stereocenters. The monoisotopic (exact) mass is 211 g/mol. The molecule has 1 aromatic heterocycles. The molecule has 0 aliphatic heterocycles. The van der Waals surface area contributed by atoms with Gasteiger partial charge in [0, 0.05) is 10.3 Å². The highest BCUT2D eigenvalue weighted by atomic mass is 32.1. The maximum atomic E-state index is 9.10. The number of nitrogen functional groups attached to an aromatic ring is 1. The molecule has 2 rings (SSSR count). The largest absolute Gasteiger partial charge is 0.397 e. The number of rotatable bonds is 1. The predicted octanol–water partition coefficient (Wildman–Crippen LogP) is 2.26. The Bertz CT molecular complexity index is 450. The number of aliphatic hydroxyl groups excluding tert-OH is 1. The molecule has 13 heavy (non-hydrogen) atoms. The van der Waals surface area contributed by atoms with Gasteiger partial charge in [-0.05, 0) is 23.1 Å². The molecule has 0 aliphatic carbocycles. The van der Waals surface area contributed by atoms with Crippen molar-refractivity contribution < 1.29 is 5.11 Å². The van der Waals surface area contributed by atoms with Crippen LogP contribution in [0.4, 0.5) is 5.69 Å². The molecule has 1 aromatic carbocycles. The summed E-state index contributed by atoms with van der Waals surface area (Å²) in [6, 6.07) is 3.78. The van der Waals surface area contributed by atoms with Gasteiger partial charge in [-0.2, -0.15) is 0 Å². The van der Waals surface area contributed by atoms with E-state index >= 15 is 0 Å². The van der Waals surface area contributed by atoms with Gasteiger partial charge in [-0.1, -0.05) is 0 Å². The van der Waals surface area contributed by atoms with Crippen LogP contribution in [0, 0.1) is 0 Å². The zero-order chi connectivity index (χ0) is 9.42. The second-order valence-electron chi connectivity index (χ2n) is 2.79. The average molecular weight is 211 g/mol. The van der Waals surface area contributed by atoms with Crippen molar-refractivity contribution in [2.24, 2.45) is 0 Å². The van der Waals surface area contributed by atoms with Crippen LogP contribution in [0.25, 0.3) is 10.1 Å². The second kappa shape index (κ2) is 3.21. The Morgan fingerprint density at radius 2 is 2.31 bits per heavy atom. The van der Waals surface area contributed by atoms with Crippen LogP contribution in [-0.2, 0) is 6.61 Å². The number of anilines is 1. The van der Waals surface area contributed by atoms with Crippen molar-refractivity contribution in [2.45, 2.75) is 11.5 Å². The highest BCUT2D eigenvalue weighted by Gasteiger charge is 2.07. The maximum absolute atomic E-state index is 9.10. The summed E-state index contributed by atoms with van der Waals surface area (Å²) in [5, 5.41) is 12.1. The maximum Gasteiger partial charge on any atom is 0.0688 e. The zero-order valence-electron chi connectivity index (χ0n) is 6.82. The number of fused-ring (bicyclic) bond motifs is 1. The number of nitrogens with two attached hydrogens (primary N) is 1. The summed E-state index contributed by atoms with van der Waals surface area (Å²) in [6.45, 7) is 0.0288. The Labute approximate surface area is 85.4 Å². The van der Waals surface area contributed by atoms with Gasteiger partial charge < -0.3 is 10.8 Å². The van der Waals surface area contributed by atoms with Crippen LogP contribution in [0.2, 0.25) is 0 Å². The Hall–Kier alpha value is -0.710. The van der Waals surface area contributed by atoms with Crippen molar-refractivity contribution >= 4 is 39.7 Å². The van der Waals surface area contributed by atoms with Gasteiger partial charge in [-0.25, -0.2) is 0 Å². The molecule has 0 aliphatic rings. The number of hydrogen-bond donors (Lipinski definition) is 3. The van der Waals surface area contributed by atoms with Gasteiger partial charge in [0.2, 0.25) is 0 Å². The Morgan fingerprint density at radius 1 is 1.54 bits per heavy atom. The summed E-state index contributed by atoms with van der Waals surface area (Å²) in [5.41, 5.74) is 7.42. The molecule has 68 valence electrons. The molecule has 4 heteroatoms. The molecular formula is C9H9NOS2. The average Bonchev–Trinajstić information content (AvgIpc) is 2.60. The van der Waals surface area contributed by atoms with Crippen LogP contribution in [0.15, 0.2) is 22.4 Å². The molecule has 0 bridgehead atoms. The van der Waals surface area contributed by atoms with Gasteiger partial charge in [-0.15, -0.1) is 24.0 Å². The van der Waals surface area contributed by atoms with E-state index in [0.29, 0.717) is 5.69 Å². The quantitative estimate of drug-likeness (QED) is 0.500. The standard InChI is InChI=1S/C9H9NOS2/c10-8-7(12)3-5(4-11)6-1-2-13-9(6)8/h1-3,11-12H,4,10H2. The van der Waals surface area contributed by atoms with Crippen molar-refractivity contribution in [3.63, 3.8) is 0 Å². The summed E-state index contributed by atoms with van der Waals surface area (Å²) >= 11 is 5.82. The summed E-state index contributed by atoms with van der Waals surface area (Å²) < 4.78 is 1.01. The number of aliphatic hydroxyl groups is 1.